The van der Waals surface area contributed by atoms with Gasteiger partial charge in [0.25, 0.3) is 5.91 Å². The predicted molar refractivity (Wildman–Crippen MR) is 143 cm³/mol. The van der Waals surface area contributed by atoms with Crippen molar-refractivity contribution in [2.24, 2.45) is 0 Å². The van der Waals surface area contributed by atoms with Crippen LogP contribution in [0.1, 0.15) is 22.2 Å². The normalized spacial score (nSPS) is 14.2. The summed E-state index contributed by atoms with van der Waals surface area (Å²) in [5.41, 5.74) is -0.870. The number of imidazole rings is 1. The highest BCUT2D eigenvalue weighted by Gasteiger charge is 2.43. The van der Waals surface area contributed by atoms with Gasteiger partial charge in [0.2, 0.25) is 0 Å². The molecule has 0 saturated carbocycles. The smallest absolute Gasteiger partial charge is 0.265 e. The third-order valence-corrected chi connectivity index (χ3v) is 8.92. The van der Waals surface area contributed by atoms with Crippen molar-refractivity contribution in [2.75, 3.05) is 13.3 Å². The second-order valence-electron chi connectivity index (χ2n) is 9.44. The van der Waals surface area contributed by atoms with Crippen LogP contribution in [0.15, 0.2) is 72.4 Å². The molecule has 0 aliphatic rings. The standard InChI is InChI=1S/C26H24F2N6O4S2/c1-16(26(36,13-34-15-29-14-30-34)20-9-6-18(27)10-21(20)28)32(2)24(35)23-12-33-11-22(31-25(33)39-23)17-4-7-19(8-5-17)40(3,37)38/h4-12,14-16,36H,13H2,1-3H3/t16-,26-/m1/s1. The molecule has 3 heterocycles. The lowest BCUT2D eigenvalue weighted by Crippen LogP contribution is -2.52. The van der Waals surface area contributed by atoms with Gasteiger partial charge >= 0.3 is 0 Å². The summed E-state index contributed by atoms with van der Waals surface area (Å²) in [5, 5.41) is 15.8. The van der Waals surface area contributed by atoms with Crippen LogP contribution in [0.2, 0.25) is 0 Å². The second kappa shape index (κ2) is 10.2. The fraction of sp³-hybridized carbons (Fsp3) is 0.231. The molecule has 208 valence electrons. The molecule has 0 bridgehead atoms. The van der Waals surface area contributed by atoms with Crippen LogP contribution in [0.5, 0.6) is 0 Å². The first-order valence-electron chi connectivity index (χ1n) is 11.9. The number of rotatable bonds is 8. The van der Waals surface area contributed by atoms with E-state index in [1.165, 1.54) is 41.4 Å². The topological polar surface area (TPSA) is 123 Å². The number of likely N-dealkylation sites (N-methyl/N-ethyl adjacent to an activating group) is 1. The SMILES string of the molecule is C[C@@H](N(C)C(=O)c1cn2cc(-c3ccc(S(C)(=O)=O)cc3)nc2s1)[C@](O)(Cn1cncn1)c1ccc(F)cc1F. The quantitative estimate of drug-likeness (QED) is 0.296. The molecule has 0 unspecified atom stereocenters. The van der Waals surface area contributed by atoms with Gasteiger partial charge in [0.15, 0.2) is 14.8 Å². The van der Waals surface area contributed by atoms with Crippen LogP contribution in [0.3, 0.4) is 0 Å². The fourth-order valence-electron chi connectivity index (χ4n) is 4.42. The predicted octanol–water partition coefficient (Wildman–Crippen LogP) is 3.38. The highest BCUT2D eigenvalue weighted by Crippen LogP contribution is 2.34. The zero-order chi connectivity index (χ0) is 28.8. The van der Waals surface area contributed by atoms with E-state index in [0.29, 0.717) is 27.2 Å². The Morgan fingerprint density at radius 2 is 1.90 bits per heavy atom. The Balaban J connectivity index is 1.42. The van der Waals surface area contributed by atoms with E-state index in [0.717, 1.165) is 29.7 Å². The van der Waals surface area contributed by atoms with Crippen LogP contribution < -0.4 is 0 Å². The van der Waals surface area contributed by atoms with Gasteiger partial charge in [-0.1, -0.05) is 29.5 Å². The van der Waals surface area contributed by atoms with Crippen molar-refractivity contribution in [1.29, 1.82) is 0 Å². The van der Waals surface area contributed by atoms with Crippen LogP contribution >= 0.6 is 11.3 Å². The van der Waals surface area contributed by atoms with Gasteiger partial charge in [-0.25, -0.2) is 31.8 Å². The molecule has 5 aromatic rings. The summed E-state index contributed by atoms with van der Waals surface area (Å²) >= 11 is 1.12. The van der Waals surface area contributed by atoms with Gasteiger partial charge in [0, 0.05) is 42.9 Å². The van der Waals surface area contributed by atoms with Gasteiger partial charge in [-0.2, -0.15) is 5.10 Å². The first kappa shape index (κ1) is 27.6. The maximum Gasteiger partial charge on any atom is 0.265 e. The number of sulfone groups is 1. The van der Waals surface area contributed by atoms with Crippen LogP contribution in [-0.2, 0) is 22.0 Å². The number of carbonyl (C=O) groups is 1. The molecule has 10 nitrogen and oxygen atoms in total. The molecule has 3 aromatic heterocycles. The lowest BCUT2D eigenvalue weighted by molar-refractivity contribution is -0.0499. The molecular formula is C26H24F2N6O4S2. The minimum absolute atomic E-state index is 0.191. The summed E-state index contributed by atoms with van der Waals surface area (Å²) in [7, 11) is -1.84. The van der Waals surface area contributed by atoms with Crippen LogP contribution in [0.25, 0.3) is 16.2 Å². The fourth-order valence-corrected chi connectivity index (χ4v) is 6.00. The average molecular weight is 587 g/mol. The minimum Gasteiger partial charge on any atom is -0.381 e. The number of thiazole rings is 1. The molecule has 2 aromatic carbocycles. The van der Waals surface area contributed by atoms with Crippen molar-refractivity contribution in [3.63, 3.8) is 0 Å². The highest BCUT2D eigenvalue weighted by atomic mass is 32.2. The van der Waals surface area contributed by atoms with Crippen LogP contribution in [-0.4, -0.2) is 67.8 Å². The maximum atomic E-state index is 14.9. The monoisotopic (exact) mass is 586 g/mol. The number of aliphatic hydroxyl groups is 1. The van der Waals surface area contributed by atoms with Crippen molar-refractivity contribution in [3.05, 3.63) is 89.6 Å². The van der Waals surface area contributed by atoms with Crippen LogP contribution in [0.4, 0.5) is 8.78 Å². The largest absolute Gasteiger partial charge is 0.381 e. The molecule has 1 amide bonds. The number of amides is 1. The zero-order valence-electron chi connectivity index (χ0n) is 21.6. The number of halogens is 2. The Hall–Kier alpha value is -4.01. The summed E-state index contributed by atoms with van der Waals surface area (Å²) < 4.78 is 55.0. The molecule has 1 N–H and O–H groups in total. The van der Waals surface area contributed by atoms with Gasteiger partial charge in [-0.05, 0) is 25.1 Å². The van der Waals surface area contributed by atoms with Gasteiger partial charge < -0.3 is 10.0 Å². The molecule has 0 fully saturated rings. The van der Waals surface area contributed by atoms with E-state index >= 15 is 0 Å². The third-order valence-electron chi connectivity index (χ3n) is 6.80. The number of nitrogens with zero attached hydrogens (tertiary/aromatic N) is 6. The molecule has 14 heteroatoms. The van der Waals surface area contributed by atoms with E-state index in [-0.39, 0.29) is 17.0 Å². The van der Waals surface area contributed by atoms with Gasteiger partial charge in [0.1, 0.15) is 34.8 Å². The Morgan fingerprint density at radius 1 is 1.18 bits per heavy atom. The number of hydrogen-bond acceptors (Lipinski definition) is 8. The lowest BCUT2D eigenvalue weighted by Gasteiger charge is -2.39. The van der Waals surface area contributed by atoms with Gasteiger partial charge in [0.05, 0.1) is 23.2 Å². The summed E-state index contributed by atoms with van der Waals surface area (Å²) in [6, 6.07) is 8.23. The Morgan fingerprint density at radius 3 is 2.50 bits per heavy atom. The number of hydrogen-bond donors (Lipinski definition) is 1. The molecular weight excluding hydrogens is 562 g/mol. The number of carbonyl (C=O) groups excluding carboxylic acids is 1. The summed E-state index contributed by atoms with van der Waals surface area (Å²) in [6.07, 6.45) is 7.06. The minimum atomic E-state index is -3.32. The van der Waals surface area contributed by atoms with E-state index in [2.05, 4.69) is 15.1 Å². The summed E-state index contributed by atoms with van der Waals surface area (Å²) in [4.78, 5) is 24.2. The van der Waals surface area contributed by atoms with Crippen molar-refractivity contribution < 1.29 is 27.1 Å². The van der Waals surface area contributed by atoms with Crippen molar-refractivity contribution in [2.45, 2.75) is 30.0 Å². The Labute approximate surface area is 232 Å². The molecule has 40 heavy (non-hydrogen) atoms. The van der Waals surface area contributed by atoms with E-state index in [9.17, 15) is 27.1 Å². The summed E-state index contributed by atoms with van der Waals surface area (Å²) in [6.45, 7) is 1.32. The van der Waals surface area contributed by atoms with E-state index in [4.69, 9.17) is 0 Å². The Kier molecular flexibility index (Phi) is 7.02. The third kappa shape index (κ3) is 5.12. The molecule has 0 radical (unpaired) electrons. The van der Waals surface area contributed by atoms with Crippen LogP contribution in [0, 0.1) is 11.6 Å². The number of benzene rings is 2. The lowest BCUT2D eigenvalue weighted by atomic mass is 9.85. The van der Waals surface area contributed by atoms with Crippen molar-refractivity contribution in [1.82, 2.24) is 29.0 Å². The molecule has 5 rings (SSSR count). The average Bonchev–Trinajstić information content (AvgIpc) is 3.64. The molecule has 0 aliphatic heterocycles. The molecule has 0 spiro atoms. The van der Waals surface area contributed by atoms with Crippen molar-refractivity contribution in [3.8, 4) is 11.3 Å². The Bertz CT molecular complexity index is 1770. The van der Waals surface area contributed by atoms with Gasteiger partial charge in [-0.15, -0.1) is 0 Å². The zero-order valence-corrected chi connectivity index (χ0v) is 23.2. The molecule has 0 aliphatic carbocycles. The van der Waals surface area contributed by atoms with Gasteiger partial charge in [-0.3, -0.25) is 9.20 Å². The van der Waals surface area contributed by atoms with E-state index in [1.807, 2.05) is 0 Å². The summed E-state index contributed by atoms with van der Waals surface area (Å²) in [5.74, 6) is -2.20. The number of fused-ring (bicyclic) bond motifs is 1. The second-order valence-corrected chi connectivity index (χ2v) is 12.5. The highest BCUT2D eigenvalue weighted by molar-refractivity contribution is 7.90. The maximum absolute atomic E-state index is 14.9. The molecule has 0 saturated heterocycles. The first-order chi connectivity index (χ1) is 18.9. The van der Waals surface area contributed by atoms with E-state index in [1.54, 1.807) is 35.9 Å². The van der Waals surface area contributed by atoms with E-state index < -0.39 is 39.0 Å². The molecule has 2 atom stereocenters. The number of aromatic nitrogens is 5. The van der Waals surface area contributed by atoms with Crippen molar-refractivity contribution >= 4 is 32.0 Å². The first-order valence-corrected chi connectivity index (χ1v) is 14.6.